The van der Waals surface area contributed by atoms with E-state index in [1.165, 1.54) is 0 Å². The Kier molecular flexibility index (Phi) is 5.60. The summed E-state index contributed by atoms with van der Waals surface area (Å²) in [6, 6.07) is 21.2. The molecule has 0 fully saturated rings. The molecule has 0 aliphatic carbocycles. The smallest absolute Gasteiger partial charge is 0.166 e. The maximum Gasteiger partial charge on any atom is 0.166 e. The quantitative estimate of drug-likeness (QED) is 0.531. The van der Waals surface area contributed by atoms with E-state index < -0.39 is 11.6 Å². The third-order valence-corrected chi connectivity index (χ3v) is 3.52. The van der Waals surface area contributed by atoms with Gasteiger partial charge in [0.25, 0.3) is 0 Å². The van der Waals surface area contributed by atoms with Gasteiger partial charge in [-0.2, -0.15) is 30.3 Å². The van der Waals surface area contributed by atoms with Gasteiger partial charge in [0.05, 0.1) is 0 Å². The average molecular weight is 368 g/mol. The minimum absolute atomic E-state index is 0. The number of halogens is 2. The Balaban J connectivity index is 0.00000176. The number of benzene rings is 3. The third-order valence-electron chi connectivity index (χ3n) is 3.52. The maximum atomic E-state index is 14.0. The van der Waals surface area contributed by atoms with Crippen LogP contribution in [-0.4, -0.2) is 0 Å². The molecule has 1 radical (unpaired) electrons. The first kappa shape index (κ1) is 17.0. The largest absolute Gasteiger partial charge is 0.203 e. The Bertz CT molecular complexity index is 765. The summed E-state index contributed by atoms with van der Waals surface area (Å²) >= 11 is 0. The maximum absolute atomic E-state index is 14.0. The zero-order valence-electron chi connectivity index (χ0n) is 12.1. The van der Waals surface area contributed by atoms with Crippen LogP contribution in [0.15, 0.2) is 60.7 Å². The fourth-order valence-electron chi connectivity index (χ4n) is 2.29. The summed E-state index contributed by atoms with van der Waals surface area (Å²) in [5, 5.41) is 0. The van der Waals surface area contributed by atoms with Gasteiger partial charge in [-0.3, -0.25) is 0 Å². The van der Waals surface area contributed by atoms with E-state index >= 15 is 0 Å². The van der Waals surface area contributed by atoms with Crippen LogP contribution in [0.3, 0.4) is 0 Å². The molecule has 0 N–H and O–H groups in total. The molecule has 0 atom stereocenters. The molecule has 3 heteroatoms. The van der Waals surface area contributed by atoms with Crippen LogP contribution < -0.4 is 0 Å². The molecular weight excluding hydrogens is 355 g/mol. The predicted octanol–water partition coefficient (Wildman–Crippen LogP) is 5.40. The summed E-state index contributed by atoms with van der Waals surface area (Å²) in [7, 11) is 0. The number of rotatable bonds is 2. The molecule has 0 saturated carbocycles. The van der Waals surface area contributed by atoms with E-state index in [9.17, 15) is 8.78 Å². The normalized spacial score (nSPS) is 10.1. The van der Waals surface area contributed by atoms with E-state index in [0.717, 1.165) is 11.1 Å². The summed E-state index contributed by atoms with van der Waals surface area (Å²) in [5.74, 6) is -1.58. The van der Waals surface area contributed by atoms with E-state index in [1.54, 1.807) is 31.2 Å². The summed E-state index contributed by atoms with van der Waals surface area (Å²) in [4.78, 5) is 0. The third kappa shape index (κ3) is 3.34. The van der Waals surface area contributed by atoms with Crippen LogP contribution >= 0.6 is 0 Å². The van der Waals surface area contributed by atoms with Crippen molar-refractivity contribution in [1.82, 2.24) is 0 Å². The Labute approximate surface area is 154 Å². The molecule has 3 aromatic carbocycles. The minimum Gasteiger partial charge on any atom is -0.203 e. The van der Waals surface area contributed by atoms with E-state index in [0.29, 0.717) is 11.1 Å². The van der Waals surface area contributed by atoms with Crippen molar-refractivity contribution in [3.63, 3.8) is 0 Å². The van der Waals surface area contributed by atoms with Crippen molar-refractivity contribution >= 4 is 0 Å². The molecule has 0 spiro atoms. The molecule has 0 bridgehead atoms. The van der Waals surface area contributed by atoms with Gasteiger partial charge >= 0.3 is 0 Å². The zero-order valence-corrected chi connectivity index (χ0v) is 14.9. The molecule has 3 rings (SSSR count). The zero-order chi connectivity index (χ0) is 14.8. The minimum atomic E-state index is -0.794. The molecule has 3 aromatic rings. The molecule has 0 aliphatic heterocycles. The topological polar surface area (TPSA) is 0 Å². The van der Waals surface area contributed by atoms with Gasteiger partial charge in [0.2, 0.25) is 0 Å². The molecule has 0 unspecified atom stereocenters. The SMILES string of the molecule is Cc1ccc(-c2ccc(-c3cc[c-]cc3)cc2)c(F)c1F.[Y]. The van der Waals surface area contributed by atoms with Crippen molar-refractivity contribution in [2.24, 2.45) is 0 Å². The molecule has 0 nitrogen and oxygen atoms in total. The Morgan fingerprint density at radius 3 is 1.86 bits per heavy atom. The first-order valence-corrected chi connectivity index (χ1v) is 6.68. The van der Waals surface area contributed by atoms with Crippen LogP contribution in [0.25, 0.3) is 22.3 Å². The Morgan fingerprint density at radius 2 is 1.23 bits per heavy atom. The van der Waals surface area contributed by atoms with E-state index in [2.05, 4.69) is 6.07 Å². The van der Waals surface area contributed by atoms with Crippen LogP contribution in [0.2, 0.25) is 0 Å². The van der Waals surface area contributed by atoms with Crippen LogP contribution in [0.4, 0.5) is 8.78 Å². The van der Waals surface area contributed by atoms with Crippen LogP contribution in [0.1, 0.15) is 5.56 Å². The predicted molar refractivity (Wildman–Crippen MR) is 80.8 cm³/mol. The summed E-state index contributed by atoms with van der Waals surface area (Å²) in [6.07, 6.45) is 0. The van der Waals surface area contributed by atoms with E-state index in [-0.39, 0.29) is 38.3 Å². The molecule has 0 amide bonds. The molecule has 0 aromatic heterocycles. The van der Waals surface area contributed by atoms with Gasteiger partial charge in [0.1, 0.15) is 0 Å². The van der Waals surface area contributed by atoms with Gasteiger partial charge in [0, 0.05) is 38.3 Å². The number of aryl methyl sites for hydroxylation is 1. The number of hydrogen-bond acceptors (Lipinski definition) is 0. The monoisotopic (exact) mass is 368 g/mol. The molecule has 0 heterocycles. The van der Waals surface area contributed by atoms with Crippen molar-refractivity contribution in [2.75, 3.05) is 0 Å². The molecular formula is C19H13F2Y-. The van der Waals surface area contributed by atoms with Crippen LogP contribution in [0, 0.1) is 24.6 Å². The van der Waals surface area contributed by atoms with Crippen molar-refractivity contribution in [1.29, 1.82) is 0 Å². The van der Waals surface area contributed by atoms with Crippen LogP contribution in [-0.2, 0) is 32.7 Å². The molecule has 22 heavy (non-hydrogen) atoms. The van der Waals surface area contributed by atoms with Gasteiger partial charge in [-0.15, -0.1) is 5.56 Å². The molecule has 0 saturated heterocycles. The van der Waals surface area contributed by atoms with Crippen molar-refractivity contribution < 1.29 is 41.5 Å². The van der Waals surface area contributed by atoms with E-state index in [1.807, 2.05) is 36.4 Å². The Hall–Kier alpha value is -1.38. The van der Waals surface area contributed by atoms with Crippen molar-refractivity contribution in [3.05, 3.63) is 83.9 Å². The van der Waals surface area contributed by atoms with Crippen LogP contribution in [0.5, 0.6) is 0 Å². The summed E-state index contributed by atoms with van der Waals surface area (Å²) in [6.45, 7) is 1.55. The Morgan fingerprint density at radius 1 is 0.682 bits per heavy atom. The average Bonchev–Trinajstić information content (AvgIpc) is 2.54. The van der Waals surface area contributed by atoms with E-state index in [4.69, 9.17) is 0 Å². The van der Waals surface area contributed by atoms with Gasteiger partial charge in [0.15, 0.2) is 11.6 Å². The van der Waals surface area contributed by atoms with Gasteiger partial charge in [-0.1, -0.05) is 36.4 Å². The summed E-state index contributed by atoms with van der Waals surface area (Å²) in [5.41, 5.74) is 3.36. The fraction of sp³-hybridized carbons (Fsp3) is 0.0526. The second kappa shape index (κ2) is 7.26. The van der Waals surface area contributed by atoms with Gasteiger partial charge in [-0.25, -0.2) is 8.78 Å². The second-order valence-electron chi connectivity index (χ2n) is 4.92. The van der Waals surface area contributed by atoms with Gasteiger partial charge in [-0.05, 0) is 23.6 Å². The van der Waals surface area contributed by atoms with Gasteiger partial charge < -0.3 is 0 Å². The number of hydrogen-bond donors (Lipinski definition) is 0. The second-order valence-corrected chi connectivity index (χ2v) is 4.92. The first-order chi connectivity index (χ1) is 10.2. The standard InChI is InChI=1S/C19H13F2.Y/c1-13-7-12-17(19(21)18(13)20)16-10-8-15(9-11-16)14-5-3-2-4-6-14;/h3-12H,1H3;/q-1;. The van der Waals surface area contributed by atoms with Crippen molar-refractivity contribution in [2.45, 2.75) is 6.92 Å². The molecule has 107 valence electrons. The molecule has 0 aliphatic rings. The fourth-order valence-corrected chi connectivity index (χ4v) is 2.29. The first-order valence-electron chi connectivity index (χ1n) is 6.68. The van der Waals surface area contributed by atoms with Crippen molar-refractivity contribution in [3.8, 4) is 22.3 Å². The summed E-state index contributed by atoms with van der Waals surface area (Å²) < 4.78 is 27.6.